The number of hydrogen-bond donors (Lipinski definition) is 1. The zero-order valence-corrected chi connectivity index (χ0v) is 11.8. The lowest BCUT2D eigenvalue weighted by Crippen LogP contribution is -2.11. The monoisotopic (exact) mass is 295 g/mol. The summed E-state index contributed by atoms with van der Waals surface area (Å²) in [5, 5.41) is 10.3. The molecule has 1 N–H and O–H groups in total. The molecule has 2 aromatic carbocycles. The van der Waals surface area contributed by atoms with Crippen molar-refractivity contribution in [3.05, 3.63) is 60.2 Å². The summed E-state index contributed by atoms with van der Waals surface area (Å²) in [5.74, 6) is 0.689. The van der Waals surface area contributed by atoms with Gasteiger partial charge in [0.05, 0.1) is 7.11 Å². The van der Waals surface area contributed by atoms with Crippen LogP contribution in [0.2, 0.25) is 0 Å². The number of aromatic nitrogens is 2. The summed E-state index contributed by atoms with van der Waals surface area (Å²) in [6.45, 7) is 0. The van der Waals surface area contributed by atoms with Crippen molar-refractivity contribution in [2.24, 2.45) is 0 Å². The first-order valence-corrected chi connectivity index (χ1v) is 6.60. The van der Waals surface area contributed by atoms with Crippen LogP contribution in [0.1, 0.15) is 10.4 Å². The Morgan fingerprint density at radius 2 is 1.91 bits per heavy atom. The molecule has 0 bridgehead atoms. The number of nitrogens with one attached hydrogen (secondary N) is 1. The zero-order valence-electron chi connectivity index (χ0n) is 11.8. The first-order valence-electron chi connectivity index (χ1n) is 6.60. The number of carbonyl (C=O) groups is 1. The maximum Gasteiger partial charge on any atom is 0.322 e. The van der Waals surface area contributed by atoms with E-state index in [-0.39, 0.29) is 11.9 Å². The summed E-state index contributed by atoms with van der Waals surface area (Å²) in [6.07, 6.45) is 0. The molecule has 110 valence electrons. The summed E-state index contributed by atoms with van der Waals surface area (Å²) in [5.41, 5.74) is 1.23. The van der Waals surface area contributed by atoms with Crippen LogP contribution in [0.4, 0.5) is 6.01 Å². The zero-order chi connectivity index (χ0) is 15.4. The third-order valence-electron chi connectivity index (χ3n) is 3.00. The number of carbonyl (C=O) groups excluding carboxylic acids is 1. The molecule has 1 heterocycles. The molecule has 0 spiro atoms. The predicted molar refractivity (Wildman–Crippen MR) is 80.7 cm³/mol. The van der Waals surface area contributed by atoms with E-state index in [2.05, 4.69) is 15.5 Å². The quantitative estimate of drug-likeness (QED) is 0.800. The average molecular weight is 295 g/mol. The van der Waals surface area contributed by atoms with Crippen molar-refractivity contribution in [2.75, 3.05) is 12.4 Å². The topological polar surface area (TPSA) is 77.3 Å². The van der Waals surface area contributed by atoms with Crippen molar-refractivity contribution < 1.29 is 13.9 Å². The van der Waals surface area contributed by atoms with Crippen molar-refractivity contribution in [2.45, 2.75) is 0 Å². The van der Waals surface area contributed by atoms with Crippen LogP contribution >= 0.6 is 0 Å². The van der Waals surface area contributed by atoms with Crippen LogP contribution in [0.25, 0.3) is 11.5 Å². The van der Waals surface area contributed by atoms with Gasteiger partial charge in [-0.15, -0.1) is 5.10 Å². The van der Waals surface area contributed by atoms with Crippen LogP contribution in [0.5, 0.6) is 5.75 Å². The number of nitrogens with zero attached hydrogens (tertiary/aromatic N) is 2. The van der Waals surface area contributed by atoms with Crippen LogP contribution in [0.3, 0.4) is 0 Å². The van der Waals surface area contributed by atoms with Crippen LogP contribution in [-0.4, -0.2) is 23.2 Å². The normalized spacial score (nSPS) is 10.2. The fraction of sp³-hybridized carbons (Fsp3) is 0.0625. The SMILES string of the molecule is COc1cccc(-c2nnc(NC(=O)c3ccccc3)o2)c1. The van der Waals surface area contributed by atoms with Crippen LogP contribution in [-0.2, 0) is 0 Å². The highest BCUT2D eigenvalue weighted by Gasteiger charge is 2.12. The largest absolute Gasteiger partial charge is 0.497 e. The molecule has 1 amide bonds. The van der Waals surface area contributed by atoms with Gasteiger partial charge in [0, 0.05) is 11.1 Å². The maximum atomic E-state index is 12.0. The third-order valence-corrected chi connectivity index (χ3v) is 3.00. The number of rotatable bonds is 4. The molecule has 6 heteroatoms. The molecule has 1 aromatic heterocycles. The molecule has 0 aliphatic heterocycles. The molecule has 0 saturated carbocycles. The smallest absolute Gasteiger partial charge is 0.322 e. The van der Waals surface area contributed by atoms with Crippen molar-refractivity contribution in [3.63, 3.8) is 0 Å². The number of benzene rings is 2. The standard InChI is InChI=1S/C16H13N3O3/c1-21-13-9-5-8-12(10-13)15-18-19-16(22-15)17-14(20)11-6-3-2-4-7-11/h2-10H,1H3,(H,17,19,20). The molecule has 22 heavy (non-hydrogen) atoms. The van der Waals surface area contributed by atoms with Crippen LogP contribution in [0, 0.1) is 0 Å². The Morgan fingerprint density at radius 1 is 1.09 bits per heavy atom. The number of anilines is 1. The lowest BCUT2D eigenvalue weighted by Gasteiger charge is -2.01. The molecule has 0 fully saturated rings. The lowest BCUT2D eigenvalue weighted by atomic mass is 10.2. The van der Waals surface area contributed by atoms with Gasteiger partial charge in [-0.25, -0.2) is 0 Å². The lowest BCUT2D eigenvalue weighted by molar-refractivity contribution is 0.102. The Labute approximate surface area is 126 Å². The first kappa shape index (κ1) is 13.8. The Balaban J connectivity index is 1.78. The van der Waals surface area contributed by atoms with Gasteiger partial charge in [-0.2, -0.15) is 0 Å². The molecular formula is C16H13N3O3. The highest BCUT2D eigenvalue weighted by molar-refractivity contribution is 6.03. The van der Waals surface area contributed by atoms with Gasteiger partial charge in [0.15, 0.2) is 0 Å². The van der Waals surface area contributed by atoms with E-state index in [1.807, 2.05) is 24.3 Å². The average Bonchev–Trinajstić information content (AvgIpc) is 3.04. The van der Waals surface area contributed by atoms with Crippen molar-refractivity contribution in [1.82, 2.24) is 10.2 Å². The summed E-state index contributed by atoms with van der Waals surface area (Å²) in [4.78, 5) is 12.0. The molecule has 0 unspecified atom stereocenters. The van der Waals surface area contributed by atoms with Crippen molar-refractivity contribution >= 4 is 11.9 Å². The van der Waals surface area contributed by atoms with Gasteiger partial charge in [-0.3, -0.25) is 10.1 Å². The van der Waals surface area contributed by atoms with Crippen LogP contribution in [0.15, 0.2) is 59.0 Å². The fourth-order valence-corrected chi connectivity index (χ4v) is 1.91. The Kier molecular flexibility index (Phi) is 3.82. The maximum absolute atomic E-state index is 12.0. The molecular weight excluding hydrogens is 282 g/mol. The van der Waals surface area contributed by atoms with Gasteiger partial charge < -0.3 is 9.15 Å². The fourth-order valence-electron chi connectivity index (χ4n) is 1.91. The van der Waals surface area contributed by atoms with E-state index in [4.69, 9.17) is 9.15 Å². The van der Waals surface area contributed by atoms with Gasteiger partial charge in [-0.1, -0.05) is 29.4 Å². The molecule has 3 rings (SSSR count). The Bertz CT molecular complexity index is 784. The minimum atomic E-state index is -0.304. The molecule has 0 saturated heterocycles. The minimum Gasteiger partial charge on any atom is -0.497 e. The second-order valence-corrected chi connectivity index (χ2v) is 4.46. The number of amides is 1. The van der Waals surface area contributed by atoms with E-state index in [0.717, 1.165) is 0 Å². The minimum absolute atomic E-state index is 0.0478. The van der Waals surface area contributed by atoms with Gasteiger partial charge >= 0.3 is 6.01 Å². The number of hydrogen-bond acceptors (Lipinski definition) is 5. The summed E-state index contributed by atoms with van der Waals surface area (Å²) in [7, 11) is 1.58. The van der Waals surface area contributed by atoms with E-state index in [1.54, 1.807) is 37.4 Å². The van der Waals surface area contributed by atoms with Gasteiger partial charge in [0.2, 0.25) is 5.89 Å². The van der Waals surface area contributed by atoms with Gasteiger partial charge in [0.25, 0.3) is 5.91 Å². The van der Waals surface area contributed by atoms with E-state index in [0.29, 0.717) is 22.8 Å². The number of methoxy groups -OCH3 is 1. The Hall–Kier alpha value is -3.15. The van der Waals surface area contributed by atoms with Gasteiger partial charge in [-0.05, 0) is 30.3 Å². The second kappa shape index (κ2) is 6.09. The first-order chi connectivity index (χ1) is 10.8. The highest BCUT2D eigenvalue weighted by atomic mass is 16.5. The van der Waals surface area contributed by atoms with E-state index < -0.39 is 0 Å². The molecule has 0 aliphatic carbocycles. The predicted octanol–water partition coefficient (Wildman–Crippen LogP) is 3.00. The van der Waals surface area contributed by atoms with E-state index in [9.17, 15) is 4.79 Å². The molecule has 3 aromatic rings. The van der Waals surface area contributed by atoms with E-state index in [1.165, 1.54) is 0 Å². The number of ether oxygens (including phenoxy) is 1. The second-order valence-electron chi connectivity index (χ2n) is 4.46. The summed E-state index contributed by atoms with van der Waals surface area (Å²) >= 11 is 0. The van der Waals surface area contributed by atoms with Crippen molar-refractivity contribution in [3.8, 4) is 17.2 Å². The van der Waals surface area contributed by atoms with Crippen molar-refractivity contribution in [1.29, 1.82) is 0 Å². The van der Waals surface area contributed by atoms with Gasteiger partial charge in [0.1, 0.15) is 5.75 Å². The molecule has 0 atom stereocenters. The summed E-state index contributed by atoms with van der Waals surface area (Å²) in [6, 6.07) is 16.1. The molecule has 0 aliphatic rings. The Morgan fingerprint density at radius 3 is 2.68 bits per heavy atom. The highest BCUT2D eigenvalue weighted by Crippen LogP contribution is 2.23. The van der Waals surface area contributed by atoms with Crippen LogP contribution < -0.4 is 10.1 Å². The molecule has 0 radical (unpaired) electrons. The summed E-state index contributed by atoms with van der Waals surface area (Å²) < 4.78 is 10.6. The molecule has 6 nitrogen and oxygen atoms in total. The third kappa shape index (κ3) is 2.95. The van der Waals surface area contributed by atoms with E-state index >= 15 is 0 Å².